The Labute approximate surface area is 115 Å². The van der Waals surface area contributed by atoms with Gasteiger partial charge in [0.05, 0.1) is 30.6 Å². The fraction of sp³-hybridized carbons (Fsp3) is 0.200. The second kappa shape index (κ2) is 3.96. The van der Waals surface area contributed by atoms with Crippen LogP contribution in [0.15, 0.2) is 24.3 Å². The highest BCUT2D eigenvalue weighted by Gasteiger charge is 2.22. The minimum absolute atomic E-state index is 0.248. The third kappa shape index (κ3) is 1.32. The summed E-state index contributed by atoms with van der Waals surface area (Å²) < 4.78 is 21.8. The Morgan fingerprint density at radius 2 is 1.75 bits per heavy atom. The summed E-state index contributed by atoms with van der Waals surface area (Å²) in [5.41, 5.74) is 1.79. The van der Waals surface area contributed by atoms with Crippen molar-refractivity contribution in [2.24, 2.45) is 0 Å². The van der Waals surface area contributed by atoms with E-state index in [0.29, 0.717) is 0 Å². The molecule has 5 heteroatoms. The number of rotatable bonds is 2. The maximum Gasteiger partial charge on any atom is 0.231 e. The van der Waals surface area contributed by atoms with Crippen LogP contribution in [0.5, 0.6) is 23.0 Å². The van der Waals surface area contributed by atoms with Crippen molar-refractivity contribution in [1.82, 2.24) is 4.98 Å². The summed E-state index contributed by atoms with van der Waals surface area (Å²) in [6.07, 6.45) is 0. The zero-order valence-electron chi connectivity index (χ0n) is 11.1. The van der Waals surface area contributed by atoms with Crippen LogP contribution in [0.25, 0.3) is 21.8 Å². The van der Waals surface area contributed by atoms with E-state index in [1.807, 2.05) is 24.3 Å². The Hall–Kier alpha value is -2.56. The molecule has 0 fully saturated rings. The Morgan fingerprint density at radius 3 is 2.55 bits per heavy atom. The van der Waals surface area contributed by atoms with Gasteiger partial charge in [-0.15, -0.1) is 0 Å². The molecule has 1 aliphatic rings. The first kappa shape index (κ1) is 11.3. The van der Waals surface area contributed by atoms with Crippen molar-refractivity contribution < 1.29 is 18.9 Å². The molecule has 3 aromatic rings. The van der Waals surface area contributed by atoms with E-state index in [2.05, 4.69) is 4.98 Å². The van der Waals surface area contributed by atoms with Gasteiger partial charge in [-0.3, -0.25) is 0 Å². The quantitative estimate of drug-likeness (QED) is 0.778. The molecular weight excluding hydrogens is 258 g/mol. The molecule has 0 amide bonds. The van der Waals surface area contributed by atoms with Gasteiger partial charge in [0, 0.05) is 5.39 Å². The SMILES string of the molecule is COc1ccc(OC)c2c1[nH]c1c3c(ccc12)OCO3. The lowest BCUT2D eigenvalue weighted by Gasteiger charge is -2.06. The van der Waals surface area contributed by atoms with Crippen LogP contribution >= 0.6 is 0 Å². The van der Waals surface area contributed by atoms with Crippen LogP contribution in [0.1, 0.15) is 0 Å². The molecule has 0 aliphatic carbocycles. The molecule has 0 radical (unpaired) electrons. The van der Waals surface area contributed by atoms with Gasteiger partial charge < -0.3 is 23.9 Å². The average molecular weight is 271 g/mol. The predicted octanol–water partition coefficient (Wildman–Crippen LogP) is 3.07. The van der Waals surface area contributed by atoms with Gasteiger partial charge in [0.2, 0.25) is 6.79 Å². The molecule has 0 saturated heterocycles. The summed E-state index contributed by atoms with van der Waals surface area (Å²) in [5.74, 6) is 3.06. The third-order valence-corrected chi connectivity index (χ3v) is 3.63. The molecule has 2 aromatic carbocycles. The number of aromatic amines is 1. The Morgan fingerprint density at radius 1 is 0.950 bits per heavy atom. The first-order chi connectivity index (χ1) is 9.83. The molecule has 1 aliphatic heterocycles. The summed E-state index contributed by atoms with van der Waals surface area (Å²) >= 11 is 0. The zero-order chi connectivity index (χ0) is 13.7. The van der Waals surface area contributed by atoms with Crippen LogP contribution in [0, 0.1) is 0 Å². The number of hydrogen-bond donors (Lipinski definition) is 1. The minimum atomic E-state index is 0.248. The van der Waals surface area contributed by atoms with Crippen molar-refractivity contribution in [3.63, 3.8) is 0 Å². The number of hydrogen-bond acceptors (Lipinski definition) is 4. The summed E-state index contributed by atoms with van der Waals surface area (Å²) in [5, 5.41) is 2.01. The highest BCUT2D eigenvalue weighted by Crippen LogP contribution is 2.45. The molecule has 4 rings (SSSR count). The normalized spacial score (nSPS) is 13.1. The van der Waals surface area contributed by atoms with Crippen molar-refractivity contribution in [3.05, 3.63) is 24.3 Å². The van der Waals surface area contributed by atoms with E-state index in [1.165, 1.54) is 0 Å². The van der Waals surface area contributed by atoms with Crippen LogP contribution < -0.4 is 18.9 Å². The molecule has 0 spiro atoms. The Kier molecular flexibility index (Phi) is 2.24. The molecule has 0 bridgehead atoms. The van der Waals surface area contributed by atoms with Crippen molar-refractivity contribution >= 4 is 21.8 Å². The molecule has 2 heterocycles. The Balaban J connectivity index is 2.19. The summed E-state index contributed by atoms with van der Waals surface area (Å²) in [6, 6.07) is 7.70. The number of methoxy groups -OCH3 is 2. The molecule has 102 valence electrons. The molecule has 20 heavy (non-hydrogen) atoms. The van der Waals surface area contributed by atoms with Gasteiger partial charge in [0.15, 0.2) is 11.5 Å². The summed E-state index contributed by atoms with van der Waals surface area (Å²) in [4.78, 5) is 3.36. The van der Waals surface area contributed by atoms with Gasteiger partial charge in [-0.25, -0.2) is 0 Å². The smallest absolute Gasteiger partial charge is 0.231 e. The largest absolute Gasteiger partial charge is 0.496 e. The molecule has 0 unspecified atom stereocenters. The van der Waals surface area contributed by atoms with Crippen molar-refractivity contribution in [2.45, 2.75) is 0 Å². The molecule has 0 atom stereocenters. The van der Waals surface area contributed by atoms with Crippen LogP contribution in [0.4, 0.5) is 0 Å². The number of ether oxygens (including phenoxy) is 4. The van der Waals surface area contributed by atoms with Gasteiger partial charge in [-0.05, 0) is 24.3 Å². The van der Waals surface area contributed by atoms with Crippen molar-refractivity contribution in [2.75, 3.05) is 21.0 Å². The fourth-order valence-electron chi connectivity index (χ4n) is 2.73. The molecule has 1 aromatic heterocycles. The number of nitrogens with one attached hydrogen (secondary N) is 1. The monoisotopic (exact) mass is 271 g/mol. The molecule has 5 nitrogen and oxygen atoms in total. The van der Waals surface area contributed by atoms with Crippen LogP contribution in [-0.4, -0.2) is 26.0 Å². The van der Waals surface area contributed by atoms with Crippen molar-refractivity contribution in [1.29, 1.82) is 0 Å². The highest BCUT2D eigenvalue weighted by atomic mass is 16.7. The third-order valence-electron chi connectivity index (χ3n) is 3.63. The maximum atomic E-state index is 5.55. The van der Waals surface area contributed by atoms with Crippen LogP contribution in [0.2, 0.25) is 0 Å². The van der Waals surface area contributed by atoms with Crippen molar-refractivity contribution in [3.8, 4) is 23.0 Å². The molecular formula is C15H13NO4. The average Bonchev–Trinajstić information content (AvgIpc) is 3.09. The van der Waals surface area contributed by atoms with E-state index in [-0.39, 0.29) is 6.79 Å². The number of H-pyrrole nitrogens is 1. The lowest BCUT2D eigenvalue weighted by atomic mass is 10.1. The topological polar surface area (TPSA) is 52.7 Å². The van der Waals surface area contributed by atoms with E-state index in [9.17, 15) is 0 Å². The van der Waals surface area contributed by atoms with E-state index < -0.39 is 0 Å². The maximum absolute atomic E-state index is 5.55. The van der Waals surface area contributed by atoms with Crippen LogP contribution in [-0.2, 0) is 0 Å². The van der Waals surface area contributed by atoms with E-state index >= 15 is 0 Å². The first-order valence-electron chi connectivity index (χ1n) is 6.28. The standard InChI is InChI=1S/C15H13NO4/c1-17-9-5-6-10(18-2)14-12(9)8-3-4-11-15(13(8)16-14)20-7-19-11/h3-6,16H,7H2,1-2H3. The molecule has 0 saturated carbocycles. The lowest BCUT2D eigenvalue weighted by molar-refractivity contribution is 0.174. The molecule has 1 N–H and O–H groups in total. The fourth-order valence-corrected chi connectivity index (χ4v) is 2.73. The van der Waals surface area contributed by atoms with Gasteiger partial charge in [0.25, 0.3) is 0 Å². The van der Waals surface area contributed by atoms with Gasteiger partial charge >= 0.3 is 0 Å². The lowest BCUT2D eigenvalue weighted by Crippen LogP contribution is -1.93. The van der Waals surface area contributed by atoms with Gasteiger partial charge in [-0.1, -0.05) is 0 Å². The number of benzene rings is 2. The second-order valence-corrected chi connectivity index (χ2v) is 4.57. The predicted molar refractivity (Wildman–Crippen MR) is 75.0 cm³/mol. The van der Waals surface area contributed by atoms with Gasteiger partial charge in [0.1, 0.15) is 11.5 Å². The number of aromatic nitrogens is 1. The van der Waals surface area contributed by atoms with E-state index in [4.69, 9.17) is 18.9 Å². The number of fused-ring (bicyclic) bond motifs is 5. The van der Waals surface area contributed by atoms with Crippen LogP contribution in [0.3, 0.4) is 0 Å². The first-order valence-corrected chi connectivity index (χ1v) is 6.28. The summed E-state index contributed by atoms with van der Waals surface area (Å²) in [7, 11) is 3.31. The Bertz CT molecular complexity index is 822. The van der Waals surface area contributed by atoms with E-state index in [0.717, 1.165) is 44.8 Å². The minimum Gasteiger partial charge on any atom is -0.496 e. The zero-order valence-corrected chi connectivity index (χ0v) is 11.1. The summed E-state index contributed by atoms with van der Waals surface area (Å²) in [6.45, 7) is 0.248. The van der Waals surface area contributed by atoms with Gasteiger partial charge in [-0.2, -0.15) is 0 Å². The second-order valence-electron chi connectivity index (χ2n) is 4.57. The van der Waals surface area contributed by atoms with E-state index in [1.54, 1.807) is 14.2 Å². The highest BCUT2D eigenvalue weighted by molar-refractivity contribution is 6.14.